The van der Waals surface area contributed by atoms with Gasteiger partial charge in [0.2, 0.25) is 0 Å². The van der Waals surface area contributed by atoms with Gasteiger partial charge in [-0.3, -0.25) is 0 Å². The number of benzene rings is 1. The van der Waals surface area contributed by atoms with Crippen molar-refractivity contribution in [1.29, 1.82) is 0 Å². The summed E-state index contributed by atoms with van der Waals surface area (Å²) in [6, 6.07) is 1.59. The van der Waals surface area contributed by atoms with Crippen LogP contribution in [0.3, 0.4) is 0 Å². The molecule has 0 aliphatic heterocycles. The van der Waals surface area contributed by atoms with Crippen LogP contribution in [0.5, 0.6) is 5.75 Å². The fourth-order valence-corrected chi connectivity index (χ4v) is 1.93. The van der Waals surface area contributed by atoms with E-state index in [-0.39, 0.29) is 23.7 Å². The van der Waals surface area contributed by atoms with Gasteiger partial charge in [-0.05, 0) is 28.1 Å². The van der Waals surface area contributed by atoms with Crippen molar-refractivity contribution in [3.63, 3.8) is 0 Å². The van der Waals surface area contributed by atoms with Crippen molar-refractivity contribution in [2.45, 2.75) is 12.5 Å². The average Bonchev–Trinajstić information content (AvgIpc) is 2.12. The van der Waals surface area contributed by atoms with Crippen LogP contribution in [0.15, 0.2) is 21.1 Å². The van der Waals surface area contributed by atoms with Crippen molar-refractivity contribution < 1.29 is 13.9 Å². The highest BCUT2D eigenvalue weighted by molar-refractivity contribution is 9.11. The zero-order valence-corrected chi connectivity index (χ0v) is 11.2. The number of phenols is 1. The highest BCUT2D eigenvalue weighted by atomic mass is 79.9. The molecule has 15 heavy (non-hydrogen) atoms. The third kappa shape index (κ3) is 3.27. The standard InChI is InChI=1S/C8H7Br2F2NO.ClH/c9-3-1-2-4(10)7(14)5(3)6(13)8(11)12;/h1-2,6,8,14H,13H2;1H/t6-;/m1./s1. The number of halogens is 5. The maximum absolute atomic E-state index is 12.3. The third-order valence-electron chi connectivity index (χ3n) is 1.72. The molecule has 0 aliphatic carbocycles. The maximum atomic E-state index is 12.3. The van der Waals surface area contributed by atoms with Gasteiger partial charge in [0.1, 0.15) is 5.75 Å². The van der Waals surface area contributed by atoms with E-state index in [9.17, 15) is 13.9 Å². The second kappa shape index (κ2) is 5.98. The Bertz CT molecular complexity index is 352. The maximum Gasteiger partial charge on any atom is 0.257 e. The van der Waals surface area contributed by atoms with Crippen LogP contribution in [0.25, 0.3) is 0 Å². The van der Waals surface area contributed by atoms with E-state index in [2.05, 4.69) is 31.9 Å². The fraction of sp³-hybridized carbons (Fsp3) is 0.250. The number of hydrogen-bond donors (Lipinski definition) is 2. The molecule has 3 N–H and O–H groups in total. The molecule has 0 bridgehead atoms. The van der Waals surface area contributed by atoms with Crippen molar-refractivity contribution in [2.75, 3.05) is 0 Å². The van der Waals surface area contributed by atoms with E-state index in [0.717, 1.165) is 0 Å². The molecule has 0 heterocycles. The van der Waals surface area contributed by atoms with E-state index >= 15 is 0 Å². The van der Waals surface area contributed by atoms with Gasteiger partial charge in [0, 0.05) is 10.0 Å². The quantitative estimate of drug-likeness (QED) is 0.839. The first kappa shape index (κ1) is 15.1. The Morgan fingerprint density at radius 1 is 1.20 bits per heavy atom. The first-order chi connectivity index (χ1) is 6.45. The van der Waals surface area contributed by atoms with Gasteiger partial charge < -0.3 is 10.8 Å². The Balaban J connectivity index is 0.00000196. The van der Waals surface area contributed by atoms with Gasteiger partial charge in [-0.15, -0.1) is 12.4 Å². The average molecular weight is 367 g/mol. The fourth-order valence-electron chi connectivity index (χ4n) is 1.000. The van der Waals surface area contributed by atoms with Crippen LogP contribution in [-0.4, -0.2) is 11.5 Å². The van der Waals surface area contributed by atoms with E-state index in [0.29, 0.717) is 8.95 Å². The largest absolute Gasteiger partial charge is 0.506 e. The summed E-state index contributed by atoms with van der Waals surface area (Å²) in [6.45, 7) is 0. The summed E-state index contributed by atoms with van der Waals surface area (Å²) in [6.07, 6.45) is -2.72. The molecule has 1 rings (SSSR count). The van der Waals surface area contributed by atoms with Crippen molar-refractivity contribution in [3.05, 3.63) is 26.6 Å². The van der Waals surface area contributed by atoms with E-state index in [1.54, 1.807) is 12.1 Å². The lowest BCUT2D eigenvalue weighted by atomic mass is 10.1. The lowest BCUT2D eigenvalue weighted by molar-refractivity contribution is 0.115. The number of aromatic hydroxyl groups is 1. The molecule has 1 aromatic rings. The predicted octanol–water partition coefficient (Wildman–Crippen LogP) is 3.60. The summed E-state index contributed by atoms with van der Waals surface area (Å²) in [4.78, 5) is 0. The first-order valence-electron chi connectivity index (χ1n) is 3.65. The number of hydrogen-bond acceptors (Lipinski definition) is 2. The van der Waals surface area contributed by atoms with Gasteiger partial charge in [0.15, 0.2) is 0 Å². The molecular weight excluding hydrogens is 359 g/mol. The summed E-state index contributed by atoms with van der Waals surface area (Å²) in [5.41, 5.74) is 5.26. The van der Waals surface area contributed by atoms with Gasteiger partial charge in [-0.1, -0.05) is 15.9 Å². The zero-order valence-electron chi connectivity index (χ0n) is 7.25. The second-order valence-corrected chi connectivity index (χ2v) is 4.36. The SMILES string of the molecule is Cl.N[C@H](c1c(Br)ccc(Br)c1O)C(F)F. The monoisotopic (exact) mass is 365 g/mol. The minimum atomic E-state index is -2.72. The zero-order chi connectivity index (χ0) is 10.9. The molecule has 0 saturated carbocycles. The Labute approximate surface area is 109 Å². The molecule has 1 aromatic carbocycles. The summed E-state index contributed by atoms with van der Waals surface area (Å²) < 4.78 is 25.4. The summed E-state index contributed by atoms with van der Waals surface area (Å²) in [5.74, 6) is -0.257. The van der Waals surface area contributed by atoms with E-state index in [1.165, 1.54) is 0 Å². The number of nitrogens with two attached hydrogens (primary N) is 1. The number of rotatable bonds is 2. The van der Waals surface area contributed by atoms with Crippen LogP contribution in [0.2, 0.25) is 0 Å². The normalized spacial score (nSPS) is 12.4. The Morgan fingerprint density at radius 2 is 1.67 bits per heavy atom. The lowest BCUT2D eigenvalue weighted by Gasteiger charge is -2.15. The molecule has 86 valence electrons. The van der Waals surface area contributed by atoms with Gasteiger partial charge in [-0.25, -0.2) is 8.78 Å². The van der Waals surface area contributed by atoms with Crippen LogP contribution < -0.4 is 5.73 Å². The minimum absolute atomic E-state index is 0. The Hall–Kier alpha value is 0.0900. The second-order valence-electron chi connectivity index (χ2n) is 2.65. The molecule has 1 atom stereocenters. The molecule has 0 aliphatic rings. The van der Waals surface area contributed by atoms with Crippen LogP contribution in [-0.2, 0) is 0 Å². The molecule has 2 nitrogen and oxygen atoms in total. The molecule has 0 aromatic heterocycles. The van der Waals surface area contributed by atoms with Crippen LogP contribution in [0, 0.1) is 0 Å². The molecular formula is C8H8Br2ClF2NO. The number of alkyl halides is 2. The van der Waals surface area contributed by atoms with Crippen LogP contribution >= 0.6 is 44.3 Å². The van der Waals surface area contributed by atoms with Crippen LogP contribution in [0.4, 0.5) is 8.78 Å². The van der Waals surface area contributed by atoms with Gasteiger partial charge in [-0.2, -0.15) is 0 Å². The highest BCUT2D eigenvalue weighted by Gasteiger charge is 2.24. The van der Waals surface area contributed by atoms with Crippen molar-refractivity contribution >= 4 is 44.3 Å². The topological polar surface area (TPSA) is 46.2 Å². The minimum Gasteiger partial charge on any atom is -0.506 e. The van der Waals surface area contributed by atoms with Crippen molar-refractivity contribution in [3.8, 4) is 5.75 Å². The molecule has 0 radical (unpaired) electrons. The molecule has 7 heteroatoms. The summed E-state index contributed by atoms with van der Waals surface area (Å²) >= 11 is 6.08. The Kier molecular flexibility index (Phi) is 6.02. The van der Waals surface area contributed by atoms with E-state index in [1.807, 2.05) is 0 Å². The highest BCUT2D eigenvalue weighted by Crippen LogP contribution is 2.38. The molecule has 0 saturated heterocycles. The first-order valence-corrected chi connectivity index (χ1v) is 5.24. The van der Waals surface area contributed by atoms with Crippen molar-refractivity contribution in [2.24, 2.45) is 5.73 Å². The smallest absolute Gasteiger partial charge is 0.257 e. The summed E-state index contributed by atoms with van der Waals surface area (Å²) in [5, 5.41) is 9.51. The van der Waals surface area contributed by atoms with Gasteiger partial charge in [0.05, 0.1) is 10.5 Å². The van der Waals surface area contributed by atoms with Gasteiger partial charge >= 0.3 is 0 Å². The summed E-state index contributed by atoms with van der Waals surface area (Å²) in [7, 11) is 0. The molecule has 0 fully saturated rings. The number of phenolic OH excluding ortho intramolecular Hbond substituents is 1. The molecule has 0 unspecified atom stereocenters. The lowest BCUT2D eigenvalue weighted by Crippen LogP contribution is -2.19. The molecule has 0 amide bonds. The predicted molar refractivity (Wildman–Crippen MR) is 63.7 cm³/mol. The Morgan fingerprint density at radius 3 is 2.13 bits per heavy atom. The molecule has 0 spiro atoms. The van der Waals surface area contributed by atoms with Gasteiger partial charge in [0.25, 0.3) is 6.43 Å². The van der Waals surface area contributed by atoms with E-state index < -0.39 is 12.5 Å². The van der Waals surface area contributed by atoms with E-state index in [4.69, 9.17) is 5.73 Å². The third-order valence-corrected chi connectivity index (χ3v) is 3.05. The van der Waals surface area contributed by atoms with Crippen LogP contribution in [0.1, 0.15) is 11.6 Å². The van der Waals surface area contributed by atoms with Crippen molar-refractivity contribution in [1.82, 2.24) is 0 Å².